The molecule has 3 rings (SSSR count). The molecule has 0 saturated carbocycles. The Labute approximate surface area is 120 Å². The van der Waals surface area contributed by atoms with Gasteiger partial charge < -0.3 is 5.32 Å². The van der Waals surface area contributed by atoms with Crippen LogP contribution in [-0.2, 0) is 19.4 Å². The first-order chi connectivity index (χ1) is 9.74. The topological polar surface area (TPSA) is 42.7 Å². The minimum atomic E-state index is 0.362. The molecule has 106 valence electrons. The third kappa shape index (κ3) is 2.75. The summed E-state index contributed by atoms with van der Waals surface area (Å²) in [5.41, 5.74) is 3.00. The average Bonchev–Trinajstić information content (AvgIpc) is 2.93. The van der Waals surface area contributed by atoms with Gasteiger partial charge in [0, 0.05) is 12.1 Å². The summed E-state index contributed by atoms with van der Waals surface area (Å²) in [5, 5.41) is 7.92. The Morgan fingerprint density at radius 3 is 2.90 bits per heavy atom. The number of hydrogen-bond donors (Lipinski definition) is 1. The SMILES string of the molecule is CC(C)n1ncnc1CNC1CCc2ccccc2C1. The van der Waals surface area contributed by atoms with E-state index < -0.39 is 0 Å². The Hall–Kier alpha value is -1.68. The molecule has 0 saturated heterocycles. The van der Waals surface area contributed by atoms with E-state index in [0.29, 0.717) is 12.1 Å². The molecule has 0 radical (unpaired) electrons. The van der Waals surface area contributed by atoms with E-state index in [4.69, 9.17) is 0 Å². The summed E-state index contributed by atoms with van der Waals surface area (Å²) < 4.78 is 1.99. The van der Waals surface area contributed by atoms with Crippen molar-refractivity contribution in [3.05, 3.63) is 47.5 Å². The maximum Gasteiger partial charge on any atom is 0.141 e. The molecule has 0 aliphatic heterocycles. The third-order valence-corrected chi connectivity index (χ3v) is 4.03. The molecule has 1 N–H and O–H groups in total. The number of fused-ring (bicyclic) bond motifs is 1. The molecule has 1 aromatic heterocycles. The van der Waals surface area contributed by atoms with Crippen LogP contribution in [0.3, 0.4) is 0 Å². The van der Waals surface area contributed by atoms with Crippen LogP contribution >= 0.6 is 0 Å². The van der Waals surface area contributed by atoms with Gasteiger partial charge in [-0.15, -0.1) is 0 Å². The van der Waals surface area contributed by atoms with E-state index in [1.807, 2.05) is 4.68 Å². The zero-order valence-electron chi connectivity index (χ0n) is 12.2. The lowest BCUT2D eigenvalue weighted by atomic mass is 9.88. The maximum absolute atomic E-state index is 4.36. The van der Waals surface area contributed by atoms with Gasteiger partial charge in [0.15, 0.2) is 0 Å². The van der Waals surface area contributed by atoms with E-state index >= 15 is 0 Å². The minimum absolute atomic E-state index is 0.362. The molecule has 1 unspecified atom stereocenters. The van der Waals surface area contributed by atoms with Crippen LogP contribution in [-0.4, -0.2) is 20.8 Å². The van der Waals surface area contributed by atoms with Crippen LogP contribution in [0.5, 0.6) is 0 Å². The first-order valence-electron chi connectivity index (χ1n) is 7.42. The van der Waals surface area contributed by atoms with Crippen molar-refractivity contribution in [1.82, 2.24) is 20.1 Å². The first-order valence-corrected chi connectivity index (χ1v) is 7.42. The highest BCUT2D eigenvalue weighted by molar-refractivity contribution is 5.30. The molecular weight excluding hydrogens is 248 g/mol. The zero-order valence-corrected chi connectivity index (χ0v) is 12.2. The highest BCUT2D eigenvalue weighted by Crippen LogP contribution is 2.21. The Morgan fingerprint density at radius 2 is 2.10 bits per heavy atom. The van der Waals surface area contributed by atoms with Crippen molar-refractivity contribution in [1.29, 1.82) is 0 Å². The number of aryl methyl sites for hydroxylation is 1. The quantitative estimate of drug-likeness (QED) is 0.928. The molecule has 20 heavy (non-hydrogen) atoms. The zero-order chi connectivity index (χ0) is 13.9. The van der Waals surface area contributed by atoms with Crippen LogP contribution in [0.25, 0.3) is 0 Å². The van der Waals surface area contributed by atoms with Gasteiger partial charge >= 0.3 is 0 Å². The summed E-state index contributed by atoms with van der Waals surface area (Å²) in [5.74, 6) is 1.03. The molecule has 1 aliphatic rings. The molecule has 0 spiro atoms. The fraction of sp³-hybridized carbons (Fsp3) is 0.500. The number of hydrogen-bond acceptors (Lipinski definition) is 3. The van der Waals surface area contributed by atoms with Crippen molar-refractivity contribution < 1.29 is 0 Å². The molecular formula is C16H22N4. The van der Waals surface area contributed by atoms with Crippen molar-refractivity contribution in [2.75, 3.05) is 0 Å². The van der Waals surface area contributed by atoms with Crippen molar-refractivity contribution in [3.8, 4) is 0 Å². The summed E-state index contributed by atoms with van der Waals surface area (Å²) in [4.78, 5) is 4.36. The predicted octanol–water partition coefficient (Wildman–Crippen LogP) is 2.51. The second-order valence-corrected chi connectivity index (χ2v) is 5.80. The summed E-state index contributed by atoms with van der Waals surface area (Å²) in [6.45, 7) is 5.06. The molecule has 4 heteroatoms. The van der Waals surface area contributed by atoms with Crippen LogP contribution in [0.15, 0.2) is 30.6 Å². The van der Waals surface area contributed by atoms with Gasteiger partial charge in [0.05, 0.1) is 6.54 Å². The van der Waals surface area contributed by atoms with Crippen molar-refractivity contribution in [3.63, 3.8) is 0 Å². The molecule has 0 fully saturated rings. The van der Waals surface area contributed by atoms with Gasteiger partial charge in [0.1, 0.15) is 12.2 Å². The Morgan fingerprint density at radius 1 is 1.30 bits per heavy atom. The highest BCUT2D eigenvalue weighted by atomic mass is 15.4. The lowest BCUT2D eigenvalue weighted by Gasteiger charge is -2.25. The Balaban J connectivity index is 1.61. The summed E-state index contributed by atoms with van der Waals surface area (Å²) >= 11 is 0. The van der Waals surface area contributed by atoms with E-state index in [0.717, 1.165) is 18.8 Å². The van der Waals surface area contributed by atoms with Gasteiger partial charge in [-0.2, -0.15) is 5.10 Å². The number of nitrogens with zero attached hydrogens (tertiary/aromatic N) is 3. The Kier molecular flexibility index (Phi) is 3.83. The van der Waals surface area contributed by atoms with Gasteiger partial charge in [-0.25, -0.2) is 9.67 Å². The van der Waals surface area contributed by atoms with E-state index in [-0.39, 0.29) is 0 Å². The fourth-order valence-electron chi connectivity index (χ4n) is 2.94. The molecule has 0 amide bonds. The average molecular weight is 270 g/mol. The standard InChI is InChI=1S/C16H22N4/c1-12(2)20-16(18-11-19-20)10-17-15-8-7-13-5-3-4-6-14(13)9-15/h3-6,11-12,15,17H,7-10H2,1-2H3. The number of nitrogens with one attached hydrogen (secondary N) is 1. The Bertz CT molecular complexity index is 573. The minimum Gasteiger partial charge on any atom is -0.307 e. The van der Waals surface area contributed by atoms with Crippen LogP contribution in [0.1, 0.15) is 43.3 Å². The smallest absolute Gasteiger partial charge is 0.141 e. The van der Waals surface area contributed by atoms with Crippen LogP contribution in [0, 0.1) is 0 Å². The van der Waals surface area contributed by atoms with E-state index in [1.165, 1.54) is 24.0 Å². The molecule has 1 heterocycles. The molecule has 1 aliphatic carbocycles. The van der Waals surface area contributed by atoms with Gasteiger partial charge in [-0.1, -0.05) is 24.3 Å². The molecule has 1 aromatic carbocycles. The first kappa shape index (κ1) is 13.3. The lowest BCUT2D eigenvalue weighted by Crippen LogP contribution is -2.35. The normalized spacial score (nSPS) is 18.2. The highest BCUT2D eigenvalue weighted by Gasteiger charge is 2.18. The summed E-state index contributed by atoms with van der Waals surface area (Å²) in [6.07, 6.45) is 5.14. The third-order valence-electron chi connectivity index (χ3n) is 4.03. The van der Waals surface area contributed by atoms with Gasteiger partial charge in [-0.05, 0) is 44.2 Å². The van der Waals surface area contributed by atoms with Crippen LogP contribution in [0.2, 0.25) is 0 Å². The van der Waals surface area contributed by atoms with E-state index in [1.54, 1.807) is 6.33 Å². The largest absolute Gasteiger partial charge is 0.307 e. The van der Waals surface area contributed by atoms with Crippen molar-refractivity contribution in [2.24, 2.45) is 0 Å². The van der Waals surface area contributed by atoms with E-state index in [2.05, 4.69) is 53.5 Å². The van der Waals surface area contributed by atoms with Crippen molar-refractivity contribution >= 4 is 0 Å². The second kappa shape index (κ2) is 5.75. The van der Waals surface area contributed by atoms with Crippen LogP contribution < -0.4 is 5.32 Å². The predicted molar refractivity (Wildman–Crippen MR) is 79.5 cm³/mol. The molecule has 2 aromatic rings. The van der Waals surface area contributed by atoms with E-state index in [9.17, 15) is 0 Å². The number of rotatable bonds is 4. The fourth-order valence-corrected chi connectivity index (χ4v) is 2.94. The second-order valence-electron chi connectivity index (χ2n) is 5.80. The van der Waals surface area contributed by atoms with Gasteiger partial charge in [0.25, 0.3) is 0 Å². The number of benzene rings is 1. The summed E-state index contributed by atoms with van der Waals surface area (Å²) in [6, 6.07) is 9.68. The number of aromatic nitrogens is 3. The molecule has 4 nitrogen and oxygen atoms in total. The van der Waals surface area contributed by atoms with Gasteiger partial charge in [0.2, 0.25) is 0 Å². The summed E-state index contributed by atoms with van der Waals surface area (Å²) in [7, 11) is 0. The van der Waals surface area contributed by atoms with Crippen LogP contribution in [0.4, 0.5) is 0 Å². The lowest BCUT2D eigenvalue weighted by molar-refractivity contribution is 0.428. The van der Waals surface area contributed by atoms with Gasteiger partial charge in [-0.3, -0.25) is 0 Å². The van der Waals surface area contributed by atoms with Crippen molar-refractivity contribution in [2.45, 2.75) is 51.7 Å². The molecule has 1 atom stereocenters. The monoisotopic (exact) mass is 270 g/mol. The maximum atomic E-state index is 4.36. The molecule has 0 bridgehead atoms.